The van der Waals surface area contributed by atoms with Crippen LogP contribution >= 0.6 is 23.2 Å². The summed E-state index contributed by atoms with van der Waals surface area (Å²) in [5.74, 6) is 0.956. The number of halogens is 2. The molecule has 0 aliphatic heterocycles. The summed E-state index contributed by atoms with van der Waals surface area (Å²) in [4.78, 5) is 12.5. The van der Waals surface area contributed by atoms with E-state index < -0.39 is 0 Å². The van der Waals surface area contributed by atoms with Gasteiger partial charge in [-0.1, -0.05) is 65.7 Å². The maximum absolute atomic E-state index is 12.5. The first-order valence-corrected chi connectivity index (χ1v) is 11.6. The Balaban J connectivity index is 1.31. The summed E-state index contributed by atoms with van der Waals surface area (Å²) < 4.78 is 11.7. The molecule has 0 saturated carbocycles. The van der Waals surface area contributed by atoms with E-state index in [1.165, 1.54) is 0 Å². The number of hydrogen-bond acceptors (Lipinski definition) is 4. The molecule has 0 aliphatic carbocycles. The predicted octanol–water partition coefficient (Wildman–Crippen LogP) is 6.92. The zero-order valence-electron chi connectivity index (χ0n) is 18.7. The minimum absolute atomic E-state index is 0.323. The number of benzene rings is 4. The van der Waals surface area contributed by atoms with E-state index in [0.29, 0.717) is 40.3 Å². The normalized spacial score (nSPS) is 10.8. The van der Waals surface area contributed by atoms with Crippen LogP contribution in [0.15, 0.2) is 102 Å². The molecule has 0 aliphatic rings. The summed E-state index contributed by atoms with van der Waals surface area (Å²) in [6.07, 6.45) is 1.55. The maximum atomic E-state index is 12.5. The number of hydrazone groups is 1. The highest BCUT2D eigenvalue weighted by Crippen LogP contribution is 2.21. The molecule has 4 aromatic carbocycles. The monoisotopic (exact) mass is 504 g/mol. The van der Waals surface area contributed by atoms with Gasteiger partial charge in [-0.2, -0.15) is 5.10 Å². The van der Waals surface area contributed by atoms with Crippen LogP contribution in [-0.4, -0.2) is 12.1 Å². The van der Waals surface area contributed by atoms with Crippen molar-refractivity contribution in [1.29, 1.82) is 0 Å². The SMILES string of the molecule is O=C(NN=Cc1ccccc1OCc1ccccc1Cl)c1ccc(OCc2ccc(Cl)cc2)cc1. The van der Waals surface area contributed by atoms with Crippen LogP contribution in [0.2, 0.25) is 10.0 Å². The van der Waals surface area contributed by atoms with E-state index >= 15 is 0 Å². The van der Waals surface area contributed by atoms with Crippen molar-refractivity contribution in [2.75, 3.05) is 0 Å². The number of carbonyl (C=O) groups excluding carboxylic acids is 1. The van der Waals surface area contributed by atoms with Crippen LogP contribution in [0.3, 0.4) is 0 Å². The molecule has 0 bridgehead atoms. The van der Waals surface area contributed by atoms with Gasteiger partial charge in [-0.3, -0.25) is 4.79 Å². The molecule has 0 fully saturated rings. The number of hydrogen-bond donors (Lipinski definition) is 1. The molecule has 176 valence electrons. The minimum Gasteiger partial charge on any atom is -0.489 e. The molecule has 0 spiro atoms. The molecule has 1 amide bonds. The Morgan fingerprint density at radius 3 is 2.29 bits per heavy atom. The lowest BCUT2D eigenvalue weighted by Gasteiger charge is -2.10. The van der Waals surface area contributed by atoms with E-state index in [1.807, 2.05) is 72.8 Å². The van der Waals surface area contributed by atoms with E-state index in [4.69, 9.17) is 32.7 Å². The molecule has 0 saturated heterocycles. The van der Waals surface area contributed by atoms with Crippen molar-refractivity contribution in [3.63, 3.8) is 0 Å². The van der Waals surface area contributed by atoms with Crippen LogP contribution in [0.4, 0.5) is 0 Å². The third kappa shape index (κ3) is 7.09. The second-order valence-corrected chi connectivity index (χ2v) is 8.40. The fourth-order valence-electron chi connectivity index (χ4n) is 3.16. The van der Waals surface area contributed by atoms with Gasteiger partial charge in [-0.05, 0) is 60.2 Å². The lowest BCUT2D eigenvalue weighted by Crippen LogP contribution is -2.17. The number of carbonyl (C=O) groups is 1. The quantitative estimate of drug-likeness (QED) is 0.199. The molecular weight excluding hydrogens is 483 g/mol. The highest BCUT2D eigenvalue weighted by Gasteiger charge is 2.07. The van der Waals surface area contributed by atoms with Gasteiger partial charge in [-0.25, -0.2) is 5.43 Å². The van der Waals surface area contributed by atoms with Crippen LogP contribution in [0, 0.1) is 0 Å². The van der Waals surface area contributed by atoms with E-state index in [2.05, 4.69) is 10.5 Å². The fraction of sp³-hybridized carbons (Fsp3) is 0.0714. The summed E-state index contributed by atoms with van der Waals surface area (Å²) in [7, 11) is 0. The maximum Gasteiger partial charge on any atom is 0.271 e. The van der Waals surface area contributed by atoms with E-state index in [0.717, 1.165) is 16.7 Å². The van der Waals surface area contributed by atoms with Crippen molar-refractivity contribution >= 4 is 35.3 Å². The molecule has 0 heterocycles. The summed E-state index contributed by atoms with van der Waals surface area (Å²) in [6, 6.07) is 29.2. The zero-order chi connectivity index (χ0) is 24.5. The number of rotatable bonds is 9. The largest absolute Gasteiger partial charge is 0.489 e. The van der Waals surface area contributed by atoms with Crippen molar-refractivity contribution in [2.24, 2.45) is 5.10 Å². The first-order valence-electron chi connectivity index (χ1n) is 10.8. The van der Waals surface area contributed by atoms with E-state index in [9.17, 15) is 4.79 Å². The summed E-state index contributed by atoms with van der Waals surface area (Å²) in [5.41, 5.74) is 5.62. The Morgan fingerprint density at radius 1 is 0.800 bits per heavy atom. The average Bonchev–Trinajstić information content (AvgIpc) is 2.89. The lowest BCUT2D eigenvalue weighted by molar-refractivity contribution is 0.0955. The second-order valence-electron chi connectivity index (χ2n) is 7.56. The van der Waals surface area contributed by atoms with Crippen molar-refractivity contribution in [2.45, 2.75) is 13.2 Å². The number of para-hydroxylation sites is 1. The van der Waals surface area contributed by atoms with E-state index in [-0.39, 0.29) is 5.91 Å². The van der Waals surface area contributed by atoms with Crippen LogP contribution in [0.5, 0.6) is 11.5 Å². The van der Waals surface area contributed by atoms with Crippen LogP contribution in [-0.2, 0) is 13.2 Å². The summed E-state index contributed by atoms with van der Waals surface area (Å²) in [5, 5.41) is 5.41. The van der Waals surface area contributed by atoms with Crippen LogP contribution < -0.4 is 14.9 Å². The zero-order valence-corrected chi connectivity index (χ0v) is 20.2. The standard InChI is InChI=1S/C28H22Cl2N2O3/c29-24-13-9-20(10-14-24)18-34-25-15-11-21(12-16-25)28(33)32-31-17-22-5-2-4-8-27(22)35-19-23-6-1-3-7-26(23)30/h1-17H,18-19H2,(H,32,33). The Hall–Kier alpha value is -3.80. The molecule has 0 atom stereocenters. The van der Waals surface area contributed by atoms with Gasteiger partial charge < -0.3 is 9.47 Å². The molecular formula is C28H22Cl2N2O3. The molecule has 5 nitrogen and oxygen atoms in total. The number of amides is 1. The van der Waals surface area contributed by atoms with Gasteiger partial charge in [0.05, 0.1) is 6.21 Å². The molecule has 35 heavy (non-hydrogen) atoms. The van der Waals surface area contributed by atoms with Gasteiger partial charge in [0.15, 0.2) is 0 Å². The Labute approximate surface area is 213 Å². The Morgan fingerprint density at radius 2 is 1.51 bits per heavy atom. The molecule has 4 rings (SSSR count). The minimum atomic E-state index is -0.333. The molecule has 0 unspecified atom stereocenters. The third-order valence-corrected chi connectivity index (χ3v) is 5.69. The Kier molecular flexibility index (Phi) is 8.39. The molecule has 4 aromatic rings. The molecule has 7 heteroatoms. The molecule has 0 radical (unpaired) electrons. The first-order chi connectivity index (χ1) is 17.1. The summed E-state index contributed by atoms with van der Waals surface area (Å²) >= 11 is 12.1. The van der Waals surface area contributed by atoms with Crippen LogP contribution in [0.1, 0.15) is 27.0 Å². The van der Waals surface area contributed by atoms with Gasteiger partial charge in [0.1, 0.15) is 24.7 Å². The second kappa shape index (κ2) is 12.1. The number of nitrogens with zero attached hydrogens (tertiary/aromatic N) is 1. The van der Waals surface area contributed by atoms with E-state index in [1.54, 1.807) is 30.5 Å². The van der Waals surface area contributed by atoms with Crippen molar-refractivity contribution in [3.8, 4) is 11.5 Å². The summed E-state index contributed by atoms with van der Waals surface area (Å²) in [6.45, 7) is 0.730. The van der Waals surface area contributed by atoms with Gasteiger partial charge >= 0.3 is 0 Å². The van der Waals surface area contributed by atoms with Gasteiger partial charge in [0.2, 0.25) is 0 Å². The van der Waals surface area contributed by atoms with Crippen molar-refractivity contribution in [1.82, 2.24) is 5.43 Å². The van der Waals surface area contributed by atoms with Gasteiger partial charge in [0, 0.05) is 26.7 Å². The first kappa shape index (κ1) is 24.3. The van der Waals surface area contributed by atoms with Gasteiger partial charge in [-0.15, -0.1) is 0 Å². The van der Waals surface area contributed by atoms with Crippen molar-refractivity contribution < 1.29 is 14.3 Å². The van der Waals surface area contributed by atoms with Crippen molar-refractivity contribution in [3.05, 3.63) is 129 Å². The topological polar surface area (TPSA) is 59.9 Å². The molecule has 1 N–H and O–H groups in total. The molecule has 0 aromatic heterocycles. The smallest absolute Gasteiger partial charge is 0.271 e. The third-order valence-electron chi connectivity index (χ3n) is 5.07. The average molecular weight is 505 g/mol. The Bertz CT molecular complexity index is 1310. The van der Waals surface area contributed by atoms with Gasteiger partial charge in [0.25, 0.3) is 5.91 Å². The predicted molar refractivity (Wildman–Crippen MR) is 140 cm³/mol. The lowest BCUT2D eigenvalue weighted by atomic mass is 10.2. The highest BCUT2D eigenvalue weighted by atomic mass is 35.5. The fourth-order valence-corrected chi connectivity index (χ4v) is 3.48. The number of nitrogens with one attached hydrogen (secondary N) is 1. The van der Waals surface area contributed by atoms with Crippen LogP contribution in [0.25, 0.3) is 0 Å². The number of ether oxygens (including phenoxy) is 2. The highest BCUT2D eigenvalue weighted by molar-refractivity contribution is 6.31.